The van der Waals surface area contributed by atoms with Crippen LogP contribution in [0.3, 0.4) is 0 Å². The Morgan fingerprint density at radius 1 is 0.184 bits per heavy atom. The third-order valence-electron chi connectivity index (χ3n) is 18.4. The summed E-state index contributed by atoms with van der Waals surface area (Å²) in [6.45, 7) is 0. The summed E-state index contributed by atoms with van der Waals surface area (Å²) in [6, 6.07) is 125. The maximum atomic E-state index is 2.42. The molecule has 14 aromatic carbocycles. The van der Waals surface area contributed by atoms with Crippen LogP contribution in [0.15, 0.2) is 340 Å². The number of rotatable bonds is 10. The van der Waals surface area contributed by atoms with E-state index in [-0.39, 0.29) is 0 Å². The zero-order valence-corrected chi connectivity index (χ0v) is 47.7. The summed E-state index contributed by atoms with van der Waals surface area (Å²) in [5, 5.41) is 4.95. The van der Waals surface area contributed by atoms with Crippen molar-refractivity contribution in [1.29, 1.82) is 0 Å². The van der Waals surface area contributed by atoms with Crippen molar-refractivity contribution in [3.05, 3.63) is 362 Å². The molecular weight excluding hydrogens is 1050 g/mol. The molecule has 406 valence electrons. The second kappa shape index (κ2) is 20.5. The Labute approximate surface area is 506 Å². The van der Waals surface area contributed by atoms with Crippen molar-refractivity contribution in [2.75, 3.05) is 0 Å². The number of nitrogens with zero attached hydrogens (tertiary/aromatic N) is 2. The summed E-state index contributed by atoms with van der Waals surface area (Å²) < 4.78 is 4.83. The fourth-order valence-corrected chi connectivity index (χ4v) is 14.5. The molecule has 0 aliphatic heterocycles. The van der Waals surface area contributed by atoms with E-state index in [2.05, 4.69) is 349 Å². The fraction of sp³-hybridized carbons (Fsp3) is 0.0118. The lowest BCUT2D eigenvalue weighted by Gasteiger charge is -2.35. The number of hydrogen-bond acceptors (Lipinski definition) is 0. The molecule has 0 fully saturated rings. The van der Waals surface area contributed by atoms with Crippen molar-refractivity contribution < 1.29 is 0 Å². The van der Waals surface area contributed by atoms with Gasteiger partial charge in [0.25, 0.3) is 0 Å². The minimum atomic E-state index is -0.492. The fourth-order valence-electron chi connectivity index (χ4n) is 14.5. The minimum absolute atomic E-state index is 0.492. The monoisotopic (exact) mass is 1100 g/mol. The van der Waals surface area contributed by atoms with Gasteiger partial charge in [0.2, 0.25) is 0 Å². The van der Waals surface area contributed by atoms with Gasteiger partial charge < -0.3 is 9.13 Å². The average Bonchev–Trinajstić information content (AvgIpc) is 1.63. The van der Waals surface area contributed by atoms with E-state index in [0.717, 1.165) is 11.4 Å². The molecule has 2 heteroatoms. The normalized spacial score (nSPS) is 12.5. The van der Waals surface area contributed by atoms with Crippen LogP contribution in [0.2, 0.25) is 0 Å². The van der Waals surface area contributed by atoms with Crippen LogP contribution < -0.4 is 0 Å². The molecule has 2 heterocycles. The van der Waals surface area contributed by atoms with E-state index < -0.39 is 5.41 Å². The smallest absolute Gasteiger partial charge is 0.0719 e. The van der Waals surface area contributed by atoms with Gasteiger partial charge in [0.1, 0.15) is 0 Å². The molecule has 16 aromatic rings. The molecule has 2 nitrogen and oxygen atoms in total. The largest absolute Gasteiger partial charge is 0.309 e. The van der Waals surface area contributed by atoms with Gasteiger partial charge in [-0.25, -0.2) is 0 Å². The molecule has 0 unspecified atom stereocenters. The molecule has 0 amide bonds. The number of para-hydroxylation sites is 2. The molecule has 17 rings (SSSR count). The van der Waals surface area contributed by atoms with Gasteiger partial charge in [-0.1, -0.05) is 273 Å². The standard InChI is InChI=1S/C85H56N2/c1-3-21-57(22-4-1)62-24-20-28-68(54-62)87-82-40-18-13-35-75(82)77-56-64(48-52-84(77)87)63-47-51-83-76(55-63)74-34-12-17-39-81(74)86(83)67-49-45-60(46-50-67)70-30-8-7-29-69(70)59-43-41-58(42-44-59)61-23-19-25-65(53-61)71-31-9-14-36-78(71)85(66-26-5-2-6-27-66)79-37-15-10-32-72(79)73-33-11-16-38-80(73)85/h1-56H. The van der Waals surface area contributed by atoms with Crippen molar-refractivity contribution in [2.45, 2.75) is 5.41 Å². The van der Waals surface area contributed by atoms with Crippen molar-refractivity contribution >= 4 is 43.6 Å². The van der Waals surface area contributed by atoms with E-state index in [1.54, 1.807) is 0 Å². The molecule has 1 aliphatic carbocycles. The van der Waals surface area contributed by atoms with Crippen LogP contribution in [0, 0.1) is 0 Å². The Bertz CT molecular complexity index is 5270. The summed E-state index contributed by atoms with van der Waals surface area (Å²) in [7, 11) is 0. The van der Waals surface area contributed by atoms with Gasteiger partial charge in [-0.3, -0.25) is 0 Å². The van der Waals surface area contributed by atoms with Crippen LogP contribution in [0.4, 0.5) is 0 Å². The van der Waals surface area contributed by atoms with E-state index >= 15 is 0 Å². The van der Waals surface area contributed by atoms with Crippen LogP contribution in [-0.2, 0) is 5.41 Å². The van der Waals surface area contributed by atoms with Crippen LogP contribution >= 0.6 is 0 Å². The van der Waals surface area contributed by atoms with Crippen LogP contribution in [0.5, 0.6) is 0 Å². The summed E-state index contributed by atoms with van der Waals surface area (Å²) in [5.74, 6) is 0. The first-order valence-corrected chi connectivity index (χ1v) is 30.1. The SMILES string of the molecule is c1ccc(-c2cccc(-n3c4ccccc4c4cc(-c5ccc6c(c5)c5ccccc5n6-c5ccc(-c6ccccc6-c6ccc(-c7cccc(-c8ccccc8C8(c9ccccc9)c9ccccc9-c9ccccc98)c7)cc6)cc5)ccc43)c2)cc1. The molecule has 0 bridgehead atoms. The van der Waals surface area contributed by atoms with Gasteiger partial charge in [-0.2, -0.15) is 0 Å². The van der Waals surface area contributed by atoms with Crippen LogP contribution in [-0.4, -0.2) is 9.13 Å². The molecule has 0 saturated carbocycles. The molecule has 0 saturated heterocycles. The molecule has 2 aromatic heterocycles. The summed E-state index contributed by atoms with van der Waals surface area (Å²) >= 11 is 0. The summed E-state index contributed by atoms with van der Waals surface area (Å²) in [5.41, 5.74) is 28.7. The molecule has 0 atom stereocenters. The zero-order valence-electron chi connectivity index (χ0n) is 47.7. The minimum Gasteiger partial charge on any atom is -0.309 e. The predicted octanol–water partition coefficient (Wildman–Crippen LogP) is 22.2. The highest BCUT2D eigenvalue weighted by Gasteiger charge is 2.47. The van der Waals surface area contributed by atoms with Gasteiger partial charge in [-0.15, -0.1) is 0 Å². The lowest BCUT2D eigenvalue weighted by molar-refractivity contribution is 0.770. The third-order valence-corrected chi connectivity index (χ3v) is 18.4. The first-order valence-electron chi connectivity index (χ1n) is 30.1. The predicted molar refractivity (Wildman–Crippen MR) is 365 cm³/mol. The van der Waals surface area contributed by atoms with Crippen LogP contribution in [0.25, 0.3) is 133 Å². The Balaban J connectivity index is 0.680. The molecule has 87 heavy (non-hydrogen) atoms. The van der Waals surface area contributed by atoms with Crippen molar-refractivity contribution in [2.24, 2.45) is 0 Å². The Hall–Kier alpha value is -11.3. The summed E-state index contributed by atoms with van der Waals surface area (Å²) in [6.07, 6.45) is 0. The molecule has 0 radical (unpaired) electrons. The summed E-state index contributed by atoms with van der Waals surface area (Å²) in [4.78, 5) is 0. The topological polar surface area (TPSA) is 9.86 Å². The highest BCUT2D eigenvalue weighted by atomic mass is 15.0. The third kappa shape index (κ3) is 8.10. The average molecular weight is 1110 g/mol. The van der Waals surface area contributed by atoms with Crippen molar-refractivity contribution in [3.8, 4) is 89.3 Å². The first kappa shape index (κ1) is 50.2. The van der Waals surface area contributed by atoms with Gasteiger partial charge in [0.15, 0.2) is 0 Å². The second-order valence-corrected chi connectivity index (χ2v) is 23.1. The van der Waals surface area contributed by atoms with Crippen molar-refractivity contribution in [3.63, 3.8) is 0 Å². The Kier molecular flexibility index (Phi) is 11.8. The maximum Gasteiger partial charge on any atom is 0.0719 e. The van der Waals surface area contributed by atoms with E-state index in [1.807, 2.05) is 0 Å². The zero-order chi connectivity index (χ0) is 57.4. The lowest BCUT2D eigenvalue weighted by Crippen LogP contribution is -2.29. The number of aromatic nitrogens is 2. The quantitative estimate of drug-likeness (QED) is 0.129. The first-order chi connectivity index (χ1) is 43.2. The molecule has 0 N–H and O–H groups in total. The number of fused-ring (bicyclic) bond motifs is 9. The Morgan fingerprint density at radius 2 is 0.552 bits per heavy atom. The highest BCUT2D eigenvalue weighted by Crippen LogP contribution is 2.58. The lowest BCUT2D eigenvalue weighted by atomic mass is 9.66. The molecule has 1 aliphatic rings. The highest BCUT2D eigenvalue weighted by molar-refractivity contribution is 6.13. The molecule has 0 spiro atoms. The van der Waals surface area contributed by atoms with E-state index in [9.17, 15) is 0 Å². The van der Waals surface area contributed by atoms with Gasteiger partial charge >= 0.3 is 0 Å². The van der Waals surface area contributed by atoms with E-state index in [4.69, 9.17) is 0 Å². The van der Waals surface area contributed by atoms with E-state index in [1.165, 1.54) is 144 Å². The van der Waals surface area contributed by atoms with Gasteiger partial charge in [0, 0.05) is 32.9 Å². The number of benzene rings is 14. The van der Waals surface area contributed by atoms with Crippen LogP contribution in [0.1, 0.15) is 22.3 Å². The van der Waals surface area contributed by atoms with Gasteiger partial charge in [-0.05, 0) is 167 Å². The Morgan fingerprint density at radius 3 is 1.14 bits per heavy atom. The molecular formula is C85H56N2. The van der Waals surface area contributed by atoms with Crippen molar-refractivity contribution in [1.82, 2.24) is 9.13 Å². The van der Waals surface area contributed by atoms with Gasteiger partial charge in [0.05, 0.1) is 27.5 Å². The second-order valence-electron chi connectivity index (χ2n) is 23.1. The number of hydrogen-bond donors (Lipinski definition) is 0. The maximum absolute atomic E-state index is 2.42. The van der Waals surface area contributed by atoms with E-state index in [0.29, 0.717) is 0 Å².